The molecule has 0 aliphatic carbocycles. The highest BCUT2D eigenvalue weighted by Crippen LogP contribution is 2.26. The Balaban J connectivity index is 2.22. The number of nitrogens with zero attached hydrogens (tertiary/aromatic N) is 3. The molecular weight excluding hydrogens is 320 g/mol. The zero-order chi connectivity index (χ0) is 18.2. The molecule has 7 heteroatoms. The highest BCUT2D eigenvalue weighted by molar-refractivity contribution is 5.81. The predicted octanol–water partition coefficient (Wildman–Crippen LogP) is 2.96. The number of phenolic OH excluding ortho intramolecular Hbond substituents is 1. The first-order valence-electron chi connectivity index (χ1n) is 7.73. The molecule has 0 aliphatic heterocycles. The molecular formula is C18H20N4O3. The fourth-order valence-corrected chi connectivity index (χ4v) is 2.27. The van der Waals surface area contributed by atoms with Crippen LogP contribution >= 0.6 is 0 Å². The highest BCUT2D eigenvalue weighted by Gasteiger charge is 2.10. The minimum Gasteiger partial charge on any atom is -0.504 e. The molecule has 1 aromatic carbocycles. The van der Waals surface area contributed by atoms with Gasteiger partial charge in [0, 0.05) is 18.4 Å². The minimum absolute atomic E-state index is 0.0725. The summed E-state index contributed by atoms with van der Waals surface area (Å²) in [6, 6.07) is 8.85. The second kappa shape index (κ2) is 8.66. The molecule has 7 nitrogen and oxygen atoms in total. The van der Waals surface area contributed by atoms with E-state index in [9.17, 15) is 10.4 Å². The summed E-state index contributed by atoms with van der Waals surface area (Å²) in [6.07, 6.45) is 1.56. The average Bonchev–Trinajstić information content (AvgIpc) is 2.58. The number of ether oxygens (including phenoxy) is 2. The summed E-state index contributed by atoms with van der Waals surface area (Å²) in [5.74, 6) is 0.832. The lowest BCUT2D eigenvalue weighted by Crippen LogP contribution is -2.03. The molecule has 0 saturated heterocycles. The summed E-state index contributed by atoms with van der Waals surface area (Å²) >= 11 is 0. The zero-order valence-electron chi connectivity index (χ0n) is 14.4. The molecule has 2 N–H and O–H groups in total. The van der Waals surface area contributed by atoms with Crippen LogP contribution in [0.1, 0.15) is 29.3 Å². The van der Waals surface area contributed by atoms with Gasteiger partial charge in [-0.2, -0.15) is 10.4 Å². The largest absolute Gasteiger partial charge is 0.504 e. The quantitative estimate of drug-likeness (QED) is 0.594. The third-order valence-corrected chi connectivity index (χ3v) is 3.31. The van der Waals surface area contributed by atoms with Crippen molar-refractivity contribution in [2.45, 2.75) is 20.5 Å². The number of aromatic nitrogens is 1. The van der Waals surface area contributed by atoms with Crippen molar-refractivity contribution in [3.8, 4) is 17.6 Å². The molecule has 0 unspecified atom stereocenters. The third kappa shape index (κ3) is 4.68. The highest BCUT2D eigenvalue weighted by atomic mass is 16.5. The van der Waals surface area contributed by atoms with Gasteiger partial charge in [0.05, 0.1) is 19.4 Å². The van der Waals surface area contributed by atoms with E-state index in [1.54, 1.807) is 25.5 Å². The van der Waals surface area contributed by atoms with Gasteiger partial charge in [0.2, 0.25) is 0 Å². The van der Waals surface area contributed by atoms with Crippen LogP contribution in [0.5, 0.6) is 11.5 Å². The number of rotatable bonds is 7. The monoisotopic (exact) mass is 340 g/mol. The number of methoxy groups -OCH3 is 1. The van der Waals surface area contributed by atoms with Gasteiger partial charge in [-0.05, 0) is 43.7 Å². The fraction of sp³-hybridized carbons (Fsp3) is 0.278. The first-order valence-corrected chi connectivity index (χ1v) is 7.73. The molecule has 0 fully saturated rings. The van der Waals surface area contributed by atoms with Crippen LogP contribution in [0.25, 0.3) is 0 Å². The van der Waals surface area contributed by atoms with Gasteiger partial charge >= 0.3 is 0 Å². The van der Waals surface area contributed by atoms with Crippen molar-refractivity contribution in [2.75, 3.05) is 19.1 Å². The number of hydrogen-bond acceptors (Lipinski definition) is 7. The van der Waals surface area contributed by atoms with E-state index in [2.05, 4.69) is 21.6 Å². The lowest BCUT2D eigenvalue weighted by molar-refractivity contribution is 0.184. The summed E-state index contributed by atoms with van der Waals surface area (Å²) in [4.78, 5) is 4.31. The van der Waals surface area contributed by atoms with Crippen LogP contribution in [0.2, 0.25) is 0 Å². The predicted molar refractivity (Wildman–Crippen MR) is 94.9 cm³/mol. The molecule has 2 rings (SSSR count). The van der Waals surface area contributed by atoms with Gasteiger partial charge in [-0.15, -0.1) is 0 Å². The molecule has 0 saturated carbocycles. The summed E-state index contributed by atoms with van der Waals surface area (Å²) in [5, 5.41) is 23.2. The molecule has 0 bridgehead atoms. The van der Waals surface area contributed by atoms with Crippen LogP contribution in [0.4, 0.5) is 5.82 Å². The van der Waals surface area contributed by atoms with Gasteiger partial charge in [-0.25, -0.2) is 4.98 Å². The summed E-state index contributed by atoms with van der Waals surface area (Å²) in [6.45, 7) is 4.45. The molecule has 0 radical (unpaired) electrons. The Kier molecular flexibility index (Phi) is 6.32. The summed E-state index contributed by atoms with van der Waals surface area (Å²) < 4.78 is 10.5. The Morgan fingerprint density at radius 2 is 2.20 bits per heavy atom. The molecule has 130 valence electrons. The van der Waals surface area contributed by atoms with Crippen molar-refractivity contribution in [1.29, 1.82) is 5.26 Å². The number of hydrogen-bond donors (Lipinski definition) is 2. The first kappa shape index (κ1) is 18.2. The number of anilines is 1. The van der Waals surface area contributed by atoms with E-state index in [1.165, 1.54) is 6.07 Å². The maximum atomic E-state index is 9.71. The van der Waals surface area contributed by atoms with Crippen molar-refractivity contribution in [1.82, 2.24) is 4.98 Å². The van der Waals surface area contributed by atoms with Crippen molar-refractivity contribution in [3.63, 3.8) is 0 Å². The normalized spacial score (nSPS) is 10.6. The van der Waals surface area contributed by atoms with Crippen molar-refractivity contribution < 1.29 is 14.6 Å². The fourth-order valence-electron chi connectivity index (χ4n) is 2.27. The lowest BCUT2D eigenvalue weighted by Gasteiger charge is -2.09. The van der Waals surface area contributed by atoms with Gasteiger partial charge in [0.15, 0.2) is 17.3 Å². The Hall–Kier alpha value is -3.11. The van der Waals surface area contributed by atoms with E-state index in [0.717, 1.165) is 16.8 Å². The number of benzene rings is 1. The van der Waals surface area contributed by atoms with Gasteiger partial charge in [-0.1, -0.05) is 0 Å². The SMILES string of the molecule is CCOc1cc(/C=N\Nc2nc(C)cc(COC)c2C#N)ccc1O. The van der Waals surface area contributed by atoms with Crippen LogP contribution in [-0.2, 0) is 11.3 Å². The Labute approximate surface area is 146 Å². The molecule has 1 heterocycles. The second-order valence-corrected chi connectivity index (χ2v) is 5.22. The lowest BCUT2D eigenvalue weighted by atomic mass is 10.1. The molecule has 0 amide bonds. The van der Waals surface area contributed by atoms with Gasteiger partial charge in [-0.3, -0.25) is 5.43 Å². The van der Waals surface area contributed by atoms with E-state index < -0.39 is 0 Å². The maximum absolute atomic E-state index is 9.71. The Bertz CT molecular complexity index is 813. The number of aromatic hydroxyl groups is 1. The Morgan fingerprint density at radius 3 is 2.88 bits per heavy atom. The van der Waals surface area contributed by atoms with E-state index in [-0.39, 0.29) is 5.75 Å². The standard InChI is InChI=1S/C18H20N4O3/c1-4-25-17-8-13(5-6-16(17)23)10-20-22-18-15(9-19)14(11-24-3)7-12(2)21-18/h5-8,10,23H,4,11H2,1-3H3,(H,21,22)/b20-10-. The van der Waals surface area contributed by atoms with Crippen LogP contribution in [0.3, 0.4) is 0 Å². The molecule has 0 spiro atoms. The number of nitrogens with one attached hydrogen (secondary N) is 1. The van der Waals surface area contributed by atoms with Crippen LogP contribution in [-0.4, -0.2) is 30.0 Å². The van der Waals surface area contributed by atoms with E-state index in [4.69, 9.17) is 9.47 Å². The smallest absolute Gasteiger partial charge is 0.164 e. The number of pyridine rings is 1. The van der Waals surface area contributed by atoms with Gasteiger partial charge in [0.1, 0.15) is 11.6 Å². The van der Waals surface area contributed by atoms with Crippen molar-refractivity contribution in [3.05, 3.63) is 46.6 Å². The van der Waals surface area contributed by atoms with Crippen LogP contribution < -0.4 is 10.2 Å². The van der Waals surface area contributed by atoms with Gasteiger partial charge in [0.25, 0.3) is 0 Å². The summed E-state index contributed by atoms with van der Waals surface area (Å²) in [7, 11) is 1.57. The number of nitriles is 1. The zero-order valence-corrected chi connectivity index (χ0v) is 14.4. The molecule has 1 aromatic heterocycles. The van der Waals surface area contributed by atoms with Crippen LogP contribution in [0.15, 0.2) is 29.4 Å². The van der Waals surface area contributed by atoms with E-state index in [1.807, 2.05) is 19.9 Å². The topological polar surface area (TPSA) is 99.8 Å². The maximum Gasteiger partial charge on any atom is 0.164 e. The van der Waals surface area contributed by atoms with Crippen molar-refractivity contribution in [2.24, 2.45) is 5.10 Å². The molecule has 0 aliphatic rings. The third-order valence-electron chi connectivity index (χ3n) is 3.31. The van der Waals surface area contributed by atoms with Gasteiger partial charge < -0.3 is 14.6 Å². The Morgan fingerprint density at radius 1 is 1.40 bits per heavy atom. The molecule has 25 heavy (non-hydrogen) atoms. The molecule has 2 aromatic rings. The van der Waals surface area contributed by atoms with E-state index in [0.29, 0.717) is 30.3 Å². The summed E-state index contributed by atoms with van der Waals surface area (Å²) in [5.41, 5.74) is 5.43. The number of phenols is 1. The van der Waals surface area contributed by atoms with Crippen LogP contribution in [0, 0.1) is 18.3 Å². The average molecular weight is 340 g/mol. The molecule has 0 atom stereocenters. The number of hydrazone groups is 1. The van der Waals surface area contributed by atoms with Crippen molar-refractivity contribution >= 4 is 12.0 Å². The minimum atomic E-state index is 0.0725. The second-order valence-electron chi connectivity index (χ2n) is 5.22. The van der Waals surface area contributed by atoms with E-state index >= 15 is 0 Å². The first-order chi connectivity index (χ1) is 12.1. The number of aryl methyl sites for hydroxylation is 1.